The Hall–Kier alpha value is -1.72. The van der Waals surface area contributed by atoms with Crippen LogP contribution in [0.2, 0.25) is 0 Å². The number of hydrogen-bond acceptors (Lipinski definition) is 4. The first-order valence-corrected chi connectivity index (χ1v) is 6.91. The molecule has 5 nitrogen and oxygen atoms in total. The summed E-state index contributed by atoms with van der Waals surface area (Å²) in [6.45, 7) is 2.48. The van der Waals surface area contributed by atoms with Gasteiger partial charge in [0.2, 0.25) is 5.91 Å². The van der Waals surface area contributed by atoms with E-state index in [1.807, 2.05) is 0 Å². The number of nitrogens with two attached hydrogens (primary N) is 2. The van der Waals surface area contributed by atoms with Crippen molar-refractivity contribution >= 4 is 17.4 Å². The second-order valence-corrected chi connectivity index (χ2v) is 4.83. The Labute approximate surface area is 119 Å². The number of unbranched alkanes of at least 4 members (excludes halogenated alkanes) is 2. The van der Waals surface area contributed by atoms with Gasteiger partial charge in [0.05, 0.1) is 0 Å². The van der Waals surface area contributed by atoms with Crippen molar-refractivity contribution in [2.24, 2.45) is 11.5 Å². The molecule has 1 rings (SSSR count). The Morgan fingerprint density at radius 2 is 1.85 bits per heavy atom. The third-order valence-corrected chi connectivity index (χ3v) is 3.03. The topological polar surface area (TPSA) is 98.2 Å². The molecule has 0 aliphatic rings. The number of rotatable bonds is 8. The Morgan fingerprint density at radius 1 is 1.10 bits per heavy atom. The summed E-state index contributed by atoms with van der Waals surface area (Å²) in [7, 11) is 0. The Morgan fingerprint density at radius 3 is 2.45 bits per heavy atom. The van der Waals surface area contributed by atoms with E-state index in [0.29, 0.717) is 30.8 Å². The molecule has 5 N–H and O–H groups in total. The van der Waals surface area contributed by atoms with E-state index in [1.165, 1.54) is 6.92 Å². The third-order valence-electron chi connectivity index (χ3n) is 3.03. The third kappa shape index (κ3) is 5.50. The normalized spacial score (nSPS) is 10.3. The van der Waals surface area contributed by atoms with Gasteiger partial charge in [-0.15, -0.1) is 0 Å². The van der Waals surface area contributed by atoms with Gasteiger partial charge >= 0.3 is 0 Å². The number of carbonyl (C=O) groups is 2. The van der Waals surface area contributed by atoms with E-state index in [0.717, 1.165) is 24.8 Å². The molecule has 1 amide bonds. The minimum atomic E-state index is -0.0503. The van der Waals surface area contributed by atoms with Gasteiger partial charge in [-0.2, -0.15) is 0 Å². The standard InChI is InChI=1S/C15H23N3O2/c1-11(19)13-7-12(10-17)8-14(9-13)18-15(20)5-3-2-4-6-16/h7-9H,2-6,10,16-17H2,1H3,(H,18,20). The number of anilines is 1. The summed E-state index contributed by atoms with van der Waals surface area (Å²) in [5.41, 5.74) is 13.0. The maximum absolute atomic E-state index is 11.8. The average Bonchev–Trinajstić information content (AvgIpc) is 2.43. The van der Waals surface area contributed by atoms with Gasteiger partial charge < -0.3 is 16.8 Å². The minimum Gasteiger partial charge on any atom is -0.330 e. The first kappa shape index (κ1) is 16.3. The maximum atomic E-state index is 11.8. The second kappa shape index (κ2) is 8.45. The maximum Gasteiger partial charge on any atom is 0.224 e. The molecule has 0 saturated carbocycles. The first-order valence-electron chi connectivity index (χ1n) is 6.91. The van der Waals surface area contributed by atoms with Crippen LogP contribution in [-0.4, -0.2) is 18.2 Å². The van der Waals surface area contributed by atoms with Gasteiger partial charge in [0, 0.05) is 24.2 Å². The molecule has 0 aromatic heterocycles. The van der Waals surface area contributed by atoms with Crippen LogP contribution in [-0.2, 0) is 11.3 Å². The molecular weight excluding hydrogens is 254 g/mol. The van der Waals surface area contributed by atoms with E-state index in [4.69, 9.17) is 11.5 Å². The largest absolute Gasteiger partial charge is 0.330 e. The van der Waals surface area contributed by atoms with Crippen LogP contribution in [0.4, 0.5) is 5.69 Å². The zero-order chi connectivity index (χ0) is 15.0. The molecule has 0 fully saturated rings. The van der Waals surface area contributed by atoms with Gasteiger partial charge in [-0.25, -0.2) is 0 Å². The highest BCUT2D eigenvalue weighted by atomic mass is 16.1. The number of benzene rings is 1. The fourth-order valence-corrected chi connectivity index (χ4v) is 1.92. The van der Waals surface area contributed by atoms with Crippen molar-refractivity contribution in [1.82, 2.24) is 0 Å². The quantitative estimate of drug-likeness (QED) is 0.498. The molecule has 0 spiro atoms. The molecule has 0 heterocycles. The van der Waals surface area contributed by atoms with Crippen molar-refractivity contribution in [3.63, 3.8) is 0 Å². The van der Waals surface area contributed by atoms with Crippen LogP contribution in [0, 0.1) is 0 Å². The number of amides is 1. The van der Waals surface area contributed by atoms with E-state index in [9.17, 15) is 9.59 Å². The SMILES string of the molecule is CC(=O)c1cc(CN)cc(NC(=O)CCCCCN)c1. The Bertz CT molecular complexity index is 472. The van der Waals surface area contributed by atoms with Crippen LogP contribution in [0.15, 0.2) is 18.2 Å². The fraction of sp³-hybridized carbons (Fsp3) is 0.467. The number of carbonyl (C=O) groups excluding carboxylic acids is 2. The van der Waals surface area contributed by atoms with E-state index >= 15 is 0 Å². The lowest BCUT2D eigenvalue weighted by molar-refractivity contribution is -0.116. The molecule has 20 heavy (non-hydrogen) atoms. The van der Waals surface area contributed by atoms with E-state index in [-0.39, 0.29) is 11.7 Å². The van der Waals surface area contributed by atoms with Crippen molar-refractivity contribution in [1.29, 1.82) is 0 Å². The number of hydrogen-bond donors (Lipinski definition) is 3. The molecule has 1 aromatic rings. The highest BCUT2D eigenvalue weighted by molar-refractivity contribution is 5.97. The van der Waals surface area contributed by atoms with Gasteiger partial charge in [-0.3, -0.25) is 9.59 Å². The Balaban J connectivity index is 2.64. The Kier molecular flexibility index (Phi) is 6.90. The van der Waals surface area contributed by atoms with Crippen molar-refractivity contribution in [2.75, 3.05) is 11.9 Å². The number of nitrogens with one attached hydrogen (secondary N) is 1. The lowest BCUT2D eigenvalue weighted by Crippen LogP contribution is -2.12. The second-order valence-electron chi connectivity index (χ2n) is 4.83. The summed E-state index contributed by atoms with van der Waals surface area (Å²) < 4.78 is 0. The summed E-state index contributed by atoms with van der Waals surface area (Å²) in [6.07, 6.45) is 3.16. The lowest BCUT2D eigenvalue weighted by atomic mass is 10.1. The fourth-order valence-electron chi connectivity index (χ4n) is 1.92. The molecule has 0 bridgehead atoms. The first-order chi connectivity index (χ1) is 9.56. The lowest BCUT2D eigenvalue weighted by Gasteiger charge is -2.09. The zero-order valence-electron chi connectivity index (χ0n) is 11.9. The van der Waals surface area contributed by atoms with Gasteiger partial charge in [0.15, 0.2) is 5.78 Å². The molecule has 0 atom stereocenters. The van der Waals surface area contributed by atoms with Crippen molar-refractivity contribution < 1.29 is 9.59 Å². The van der Waals surface area contributed by atoms with Crippen molar-refractivity contribution in [2.45, 2.75) is 39.2 Å². The monoisotopic (exact) mass is 277 g/mol. The summed E-state index contributed by atoms with van der Waals surface area (Å²) >= 11 is 0. The summed E-state index contributed by atoms with van der Waals surface area (Å²) in [5.74, 6) is -0.0931. The molecule has 0 radical (unpaired) electrons. The van der Waals surface area contributed by atoms with Crippen LogP contribution in [0.1, 0.15) is 48.5 Å². The minimum absolute atomic E-state index is 0.0428. The van der Waals surface area contributed by atoms with Gasteiger partial charge in [0.25, 0.3) is 0 Å². The summed E-state index contributed by atoms with van der Waals surface area (Å²) in [4.78, 5) is 23.2. The van der Waals surface area contributed by atoms with Gasteiger partial charge in [-0.1, -0.05) is 6.42 Å². The molecule has 5 heteroatoms. The number of ketones is 1. The van der Waals surface area contributed by atoms with Crippen LogP contribution >= 0.6 is 0 Å². The highest BCUT2D eigenvalue weighted by Crippen LogP contribution is 2.16. The zero-order valence-corrected chi connectivity index (χ0v) is 11.9. The molecular formula is C15H23N3O2. The van der Waals surface area contributed by atoms with Crippen LogP contribution < -0.4 is 16.8 Å². The molecule has 1 aromatic carbocycles. The van der Waals surface area contributed by atoms with Crippen LogP contribution in [0.3, 0.4) is 0 Å². The molecule has 0 unspecified atom stereocenters. The molecule has 110 valence electrons. The van der Waals surface area contributed by atoms with Crippen molar-refractivity contribution in [3.8, 4) is 0 Å². The molecule has 0 aliphatic heterocycles. The highest BCUT2D eigenvalue weighted by Gasteiger charge is 2.07. The van der Waals surface area contributed by atoms with Gasteiger partial charge in [-0.05, 0) is 50.1 Å². The van der Waals surface area contributed by atoms with Crippen LogP contribution in [0.25, 0.3) is 0 Å². The predicted molar refractivity (Wildman–Crippen MR) is 80.5 cm³/mol. The van der Waals surface area contributed by atoms with E-state index < -0.39 is 0 Å². The molecule has 0 aliphatic carbocycles. The molecule has 0 saturated heterocycles. The van der Waals surface area contributed by atoms with Crippen LogP contribution in [0.5, 0.6) is 0 Å². The number of Topliss-reactive ketones (excluding diaryl/α,β-unsaturated/α-hetero) is 1. The van der Waals surface area contributed by atoms with Crippen molar-refractivity contribution in [3.05, 3.63) is 29.3 Å². The van der Waals surface area contributed by atoms with E-state index in [2.05, 4.69) is 5.32 Å². The van der Waals surface area contributed by atoms with E-state index in [1.54, 1.807) is 18.2 Å². The summed E-state index contributed by atoms with van der Waals surface area (Å²) in [6, 6.07) is 5.22. The predicted octanol–water partition coefficient (Wildman–Crippen LogP) is 1.81. The summed E-state index contributed by atoms with van der Waals surface area (Å²) in [5, 5.41) is 2.81. The van der Waals surface area contributed by atoms with Gasteiger partial charge in [0.1, 0.15) is 0 Å². The average molecular weight is 277 g/mol. The smallest absolute Gasteiger partial charge is 0.224 e.